The van der Waals surface area contributed by atoms with Gasteiger partial charge in [0.1, 0.15) is 0 Å². The van der Waals surface area contributed by atoms with Gasteiger partial charge in [0.25, 0.3) is 9.05 Å². The SMILES string of the molecule is O=C(Nc1ccc(S(=O)(=O)Cl)cc1)C(F)(F)F.O=C(Nc1ccccc1)C(F)(F)F. The number of para-hydroxylation sites is 1. The van der Waals surface area contributed by atoms with Gasteiger partial charge in [0.05, 0.1) is 4.90 Å². The zero-order chi connectivity index (χ0) is 23.2. The van der Waals surface area contributed by atoms with E-state index >= 15 is 0 Å². The molecule has 0 radical (unpaired) electrons. The van der Waals surface area contributed by atoms with E-state index in [9.17, 15) is 44.3 Å². The van der Waals surface area contributed by atoms with Gasteiger partial charge in [-0.1, -0.05) is 18.2 Å². The van der Waals surface area contributed by atoms with Crippen LogP contribution in [0.25, 0.3) is 0 Å². The fourth-order valence-electron chi connectivity index (χ4n) is 1.63. The van der Waals surface area contributed by atoms with Crippen molar-refractivity contribution in [1.82, 2.24) is 0 Å². The molecule has 0 saturated carbocycles. The molecular formula is C16H11ClF6N2O4S. The van der Waals surface area contributed by atoms with Crippen LogP contribution in [0.4, 0.5) is 37.7 Å². The zero-order valence-corrected chi connectivity index (χ0v) is 16.0. The molecule has 0 aliphatic carbocycles. The number of amides is 2. The van der Waals surface area contributed by atoms with E-state index in [-0.39, 0.29) is 16.3 Å². The van der Waals surface area contributed by atoms with Gasteiger partial charge in [0.15, 0.2) is 0 Å². The van der Waals surface area contributed by atoms with Crippen LogP contribution in [-0.4, -0.2) is 32.6 Å². The highest BCUT2D eigenvalue weighted by atomic mass is 35.7. The van der Waals surface area contributed by atoms with Gasteiger partial charge in [-0.05, 0) is 36.4 Å². The van der Waals surface area contributed by atoms with E-state index in [2.05, 4.69) is 0 Å². The summed E-state index contributed by atoms with van der Waals surface area (Å²) in [5.74, 6) is -4.10. The minimum Gasteiger partial charge on any atom is -0.318 e. The molecule has 0 spiro atoms. The first-order valence-electron chi connectivity index (χ1n) is 7.47. The molecule has 0 unspecified atom stereocenters. The Labute approximate surface area is 170 Å². The number of anilines is 2. The van der Waals surface area contributed by atoms with Crippen molar-refractivity contribution in [3.63, 3.8) is 0 Å². The van der Waals surface area contributed by atoms with Crippen molar-refractivity contribution in [2.45, 2.75) is 17.2 Å². The standard InChI is InChI=1S/C8H5ClF3NO3S.C8H6F3NO/c9-17(15,16)6-3-1-5(2-4-6)13-7(14)8(10,11)12;9-8(10,11)7(13)12-6-4-2-1-3-5-6/h1-4H,(H,13,14);1-5H,(H,12,13). The van der Waals surface area contributed by atoms with Gasteiger partial charge in [-0.15, -0.1) is 0 Å². The number of rotatable bonds is 3. The van der Waals surface area contributed by atoms with E-state index < -0.39 is 33.2 Å². The van der Waals surface area contributed by atoms with E-state index in [1.165, 1.54) is 24.3 Å². The summed E-state index contributed by atoms with van der Waals surface area (Å²) in [6, 6.07) is 11.4. The van der Waals surface area contributed by atoms with Crippen LogP contribution in [0, 0.1) is 0 Å². The Morgan fingerprint density at radius 1 is 0.700 bits per heavy atom. The van der Waals surface area contributed by atoms with Crippen molar-refractivity contribution in [3.05, 3.63) is 54.6 Å². The van der Waals surface area contributed by atoms with Crippen LogP contribution in [0.2, 0.25) is 0 Å². The molecule has 6 nitrogen and oxygen atoms in total. The largest absolute Gasteiger partial charge is 0.471 e. The van der Waals surface area contributed by atoms with Gasteiger partial charge in [-0.25, -0.2) is 8.42 Å². The third-order valence-electron chi connectivity index (χ3n) is 2.94. The summed E-state index contributed by atoms with van der Waals surface area (Å²) in [5, 5.41) is 3.28. The first-order valence-corrected chi connectivity index (χ1v) is 9.78. The number of hydrogen-bond acceptors (Lipinski definition) is 4. The van der Waals surface area contributed by atoms with Crippen molar-refractivity contribution in [3.8, 4) is 0 Å². The normalized spacial score (nSPS) is 11.7. The van der Waals surface area contributed by atoms with E-state index in [0.29, 0.717) is 0 Å². The Morgan fingerprint density at radius 2 is 1.07 bits per heavy atom. The Bertz CT molecular complexity index is 978. The molecule has 0 aromatic heterocycles. The fraction of sp³-hybridized carbons (Fsp3) is 0.125. The highest BCUT2D eigenvalue weighted by molar-refractivity contribution is 8.13. The number of nitrogens with one attached hydrogen (secondary N) is 2. The van der Waals surface area contributed by atoms with E-state index in [4.69, 9.17) is 10.7 Å². The van der Waals surface area contributed by atoms with Gasteiger partial charge in [0, 0.05) is 22.1 Å². The van der Waals surface area contributed by atoms with Crippen LogP contribution in [0.5, 0.6) is 0 Å². The van der Waals surface area contributed by atoms with E-state index in [1.807, 2.05) is 0 Å². The Balaban J connectivity index is 0.000000311. The van der Waals surface area contributed by atoms with Crippen LogP contribution >= 0.6 is 10.7 Å². The Morgan fingerprint density at radius 3 is 1.40 bits per heavy atom. The number of benzene rings is 2. The molecule has 2 amide bonds. The van der Waals surface area contributed by atoms with Crippen LogP contribution in [0.15, 0.2) is 59.5 Å². The van der Waals surface area contributed by atoms with Gasteiger partial charge in [-0.2, -0.15) is 26.3 Å². The average Bonchev–Trinajstić information content (AvgIpc) is 2.61. The molecule has 2 aromatic carbocycles. The number of alkyl halides is 6. The molecule has 0 aliphatic rings. The highest BCUT2D eigenvalue weighted by Crippen LogP contribution is 2.21. The second-order valence-corrected chi connectivity index (χ2v) is 7.80. The second-order valence-electron chi connectivity index (χ2n) is 5.23. The topological polar surface area (TPSA) is 92.3 Å². The summed E-state index contributed by atoms with van der Waals surface area (Å²) in [4.78, 5) is 20.7. The molecule has 0 aliphatic heterocycles. The summed E-state index contributed by atoms with van der Waals surface area (Å²) < 4.78 is 92.4. The van der Waals surface area contributed by atoms with Crippen LogP contribution in [0.3, 0.4) is 0 Å². The fourth-order valence-corrected chi connectivity index (χ4v) is 2.40. The van der Waals surface area contributed by atoms with Crippen molar-refractivity contribution < 1.29 is 44.3 Å². The summed E-state index contributed by atoms with van der Waals surface area (Å²) in [7, 11) is 1.05. The first kappa shape index (κ1) is 25.2. The summed E-state index contributed by atoms with van der Waals surface area (Å²) in [5.41, 5.74) is -0.0544. The van der Waals surface area contributed by atoms with E-state index in [1.54, 1.807) is 16.7 Å². The maximum atomic E-state index is 11.9. The second kappa shape index (κ2) is 9.80. The molecular weight excluding hydrogens is 466 g/mol. The monoisotopic (exact) mass is 476 g/mol. The van der Waals surface area contributed by atoms with Gasteiger partial charge < -0.3 is 10.6 Å². The molecule has 0 saturated heterocycles. The van der Waals surface area contributed by atoms with Crippen molar-refractivity contribution >= 4 is 42.9 Å². The Kier molecular flexibility index (Phi) is 8.25. The third kappa shape index (κ3) is 8.69. The lowest BCUT2D eigenvalue weighted by Crippen LogP contribution is -2.29. The maximum absolute atomic E-state index is 11.9. The molecule has 0 heterocycles. The molecule has 164 valence electrons. The number of carbonyl (C=O) groups excluding carboxylic acids is 2. The van der Waals surface area contributed by atoms with Gasteiger partial charge >= 0.3 is 24.2 Å². The minimum absolute atomic E-state index is 0.129. The molecule has 2 aromatic rings. The molecule has 2 N–H and O–H groups in total. The maximum Gasteiger partial charge on any atom is 0.471 e. The van der Waals surface area contributed by atoms with Crippen molar-refractivity contribution in [2.24, 2.45) is 0 Å². The lowest BCUT2D eigenvalue weighted by atomic mass is 10.3. The smallest absolute Gasteiger partial charge is 0.318 e. The van der Waals surface area contributed by atoms with E-state index in [0.717, 1.165) is 24.3 Å². The molecule has 0 fully saturated rings. The van der Waals surface area contributed by atoms with Gasteiger partial charge in [0.2, 0.25) is 0 Å². The highest BCUT2D eigenvalue weighted by Gasteiger charge is 2.39. The summed E-state index contributed by atoms with van der Waals surface area (Å²) in [6.07, 6.45) is -9.84. The Hall–Kier alpha value is -2.80. The summed E-state index contributed by atoms with van der Waals surface area (Å²) in [6.45, 7) is 0. The molecule has 30 heavy (non-hydrogen) atoms. The minimum atomic E-state index is -5.00. The van der Waals surface area contributed by atoms with Crippen molar-refractivity contribution in [2.75, 3.05) is 10.6 Å². The van der Waals surface area contributed by atoms with Crippen LogP contribution < -0.4 is 10.6 Å². The quantitative estimate of drug-likeness (QED) is 0.510. The number of hydrogen-bond donors (Lipinski definition) is 2. The summed E-state index contributed by atoms with van der Waals surface area (Å²) >= 11 is 0. The molecule has 14 heteroatoms. The van der Waals surface area contributed by atoms with Gasteiger partial charge in [-0.3, -0.25) is 9.59 Å². The molecule has 0 atom stereocenters. The average molecular weight is 477 g/mol. The first-order chi connectivity index (χ1) is 13.6. The van der Waals surface area contributed by atoms with Crippen molar-refractivity contribution in [1.29, 1.82) is 0 Å². The predicted molar refractivity (Wildman–Crippen MR) is 95.3 cm³/mol. The van der Waals surface area contributed by atoms with Crippen LogP contribution in [-0.2, 0) is 18.6 Å². The lowest BCUT2D eigenvalue weighted by molar-refractivity contribution is -0.167. The molecule has 0 bridgehead atoms. The van der Waals surface area contributed by atoms with Crippen LogP contribution in [0.1, 0.15) is 0 Å². The third-order valence-corrected chi connectivity index (χ3v) is 4.31. The predicted octanol–water partition coefficient (Wildman–Crippen LogP) is 4.30. The number of halogens is 7. The number of carbonyl (C=O) groups is 2. The zero-order valence-electron chi connectivity index (χ0n) is 14.4. The molecule has 2 rings (SSSR count). The lowest BCUT2D eigenvalue weighted by Gasteiger charge is -2.07.